The van der Waals surface area contributed by atoms with Gasteiger partial charge in [0, 0.05) is 26.3 Å². The number of carbonyl (C=O) groups excluding carboxylic acids is 1. The Morgan fingerprint density at radius 2 is 2.27 bits per heavy atom. The van der Waals surface area contributed by atoms with Crippen molar-refractivity contribution in [3.05, 3.63) is 29.2 Å². The number of nitrogens with one attached hydrogen (secondary N) is 1. The summed E-state index contributed by atoms with van der Waals surface area (Å²) in [5.74, 6) is 0.0733. The van der Waals surface area contributed by atoms with E-state index in [0.29, 0.717) is 12.1 Å². The molecule has 0 aliphatic carbocycles. The van der Waals surface area contributed by atoms with Gasteiger partial charge in [-0.3, -0.25) is 9.48 Å². The van der Waals surface area contributed by atoms with Crippen molar-refractivity contribution in [3.8, 4) is 0 Å². The lowest BCUT2D eigenvalue weighted by Crippen LogP contribution is -2.41. The van der Waals surface area contributed by atoms with Crippen molar-refractivity contribution < 1.29 is 4.79 Å². The van der Waals surface area contributed by atoms with Crippen LogP contribution in [0.1, 0.15) is 40.5 Å². The summed E-state index contributed by atoms with van der Waals surface area (Å²) in [6.07, 6.45) is 5.98. The van der Waals surface area contributed by atoms with Gasteiger partial charge in [0.1, 0.15) is 5.00 Å². The smallest absolute Gasteiger partial charge is 0.258 e. The molecule has 0 bridgehead atoms. The number of aryl methyl sites for hydroxylation is 2. The Kier molecular flexibility index (Phi) is 4.15. The van der Waals surface area contributed by atoms with Gasteiger partial charge in [-0.1, -0.05) is 0 Å². The molecule has 1 amide bonds. The number of likely N-dealkylation sites (tertiary alicyclic amines) is 1. The summed E-state index contributed by atoms with van der Waals surface area (Å²) in [5.41, 5.74) is 2.67. The molecule has 1 atom stereocenters. The molecule has 118 valence electrons. The Labute approximate surface area is 134 Å². The second kappa shape index (κ2) is 6.08. The minimum Gasteiger partial charge on any atom is -0.378 e. The number of aromatic nitrogens is 3. The van der Waals surface area contributed by atoms with Gasteiger partial charge in [-0.2, -0.15) is 9.47 Å². The summed E-state index contributed by atoms with van der Waals surface area (Å²) < 4.78 is 6.29. The maximum atomic E-state index is 12.9. The maximum Gasteiger partial charge on any atom is 0.258 e. The first-order valence-electron chi connectivity index (χ1n) is 7.54. The van der Waals surface area contributed by atoms with E-state index in [-0.39, 0.29) is 11.9 Å². The first-order valence-corrected chi connectivity index (χ1v) is 8.31. The molecule has 0 aromatic carbocycles. The van der Waals surface area contributed by atoms with E-state index >= 15 is 0 Å². The van der Waals surface area contributed by atoms with Crippen LogP contribution in [0.2, 0.25) is 0 Å². The van der Waals surface area contributed by atoms with Crippen molar-refractivity contribution in [2.45, 2.75) is 32.7 Å². The second-order valence-electron chi connectivity index (χ2n) is 5.77. The summed E-state index contributed by atoms with van der Waals surface area (Å²) in [4.78, 5) is 14.8. The minimum atomic E-state index is 0.0733. The largest absolute Gasteiger partial charge is 0.378 e. The highest BCUT2D eigenvalue weighted by Crippen LogP contribution is 2.28. The van der Waals surface area contributed by atoms with Crippen molar-refractivity contribution in [3.63, 3.8) is 0 Å². The molecular formula is C15H21N5OS. The van der Waals surface area contributed by atoms with Gasteiger partial charge in [0.25, 0.3) is 5.91 Å². The average molecular weight is 319 g/mol. The highest BCUT2D eigenvalue weighted by Gasteiger charge is 2.29. The number of anilines is 1. The van der Waals surface area contributed by atoms with Crippen molar-refractivity contribution in [1.82, 2.24) is 19.1 Å². The van der Waals surface area contributed by atoms with E-state index < -0.39 is 0 Å². The number of hydrogen-bond acceptors (Lipinski definition) is 5. The third-order valence-electron chi connectivity index (χ3n) is 4.09. The minimum absolute atomic E-state index is 0.0733. The predicted molar refractivity (Wildman–Crippen MR) is 87.5 cm³/mol. The molecule has 1 aliphatic heterocycles. The summed E-state index contributed by atoms with van der Waals surface area (Å²) in [7, 11) is 1.83. The molecule has 1 N–H and O–H groups in total. The van der Waals surface area contributed by atoms with Gasteiger partial charge in [0.15, 0.2) is 0 Å². The van der Waals surface area contributed by atoms with Crippen molar-refractivity contribution in [1.29, 1.82) is 0 Å². The topological polar surface area (TPSA) is 63.1 Å². The van der Waals surface area contributed by atoms with Gasteiger partial charge in [-0.05, 0) is 43.8 Å². The number of hydrogen-bond donors (Lipinski definition) is 1. The van der Waals surface area contributed by atoms with Crippen molar-refractivity contribution >= 4 is 22.4 Å². The Hall–Kier alpha value is -1.89. The average Bonchev–Trinajstić information content (AvgIpc) is 3.12. The zero-order valence-electron chi connectivity index (χ0n) is 13.2. The number of carbonyl (C=O) groups is 1. The Balaban J connectivity index is 1.79. The summed E-state index contributed by atoms with van der Waals surface area (Å²) in [6, 6.07) is 0.260. The Morgan fingerprint density at radius 1 is 1.45 bits per heavy atom. The van der Waals surface area contributed by atoms with Crippen LogP contribution in [0.15, 0.2) is 12.4 Å². The highest BCUT2D eigenvalue weighted by molar-refractivity contribution is 7.10. The van der Waals surface area contributed by atoms with Crippen LogP contribution in [-0.2, 0) is 0 Å². The van der Waals surface area contributed by atoms with Crippen LogP contribution in [0.5, 0.6) is 0 Å². The lowest BCUT2D eigenvalue weighted by Gasteiger charge is -2.33. The number of nitrogens with zero attached hydrogens (tertiary/aromatic N) is 4. The van der Waals surface area contributed by atoms with Crippen LogP contribution >= 0.6 is 11.5 Å². The Morgan fingerprint density at radius 3 is 2.95 bits per heavy atom. The fraction of sp³-hybridized carbons (Fsp3) is 0.533. The predicted octanol–water partition coefficient (Wildman–Crippen LogP) is 2.48. The maximum absolute atomic E-state index is 12.9. The number of amides is 1. The van der Waals surface area contributed by atoms with Gasteiger partial charge >= 0.3 is 0 Å². The molecular weight excluding hydrogens is 298 g/mol. The van der Waals surface area contributed by atoms with Gasteiger partial charge < -0.3 is 10.2 Å². The summed E-state index contributed by atoms with van der Waals surface area (Å²) >= 11 is 1.34. The normalized spacial score (nSPS) is 18.5. The lowest BCUT2D eigenvalue weighted by atomic mass is 10.0. The van der Waals surface area contributed by atoms with Gasteiger partial charge in [0.2, 0.25) is 0 Å². The molecule has 1 aliphatic rings. The first kappa shape index (κ1) is 15.0. The van der Waals surface area contributed by atoms with E-state index in [2.05, 4.69) is 21.0 Å². The van der Waals surface area contributed by atoms with E-state index in [1.165, 1.54) is 11.5 Å². The van der Waals surface area contributed by atoms with Crippen LogP contribution in [0.3, 0.4) is 0 Å². The molecule has 6 nitrogen and oxygen atoms in total. The second-order valence-corrected chi connectivity index (χ2v) is 6.54. The third kappa shape index (κ3) is 2.72. The van der Waals surface area contributed by atoms with Crippen LogP contribution in [-0.4, -0.2) is 45.1 Å². The molecule has 0 spiro atoms. The molecule has 3 heterocycles. The van der Waals surface area contributed by atoms with Gasteiger partial charge in [-0.15, -0.1) is 0 Å². The molecule has 1 saturated heterocycles. The van der Waals surface area contributed by atoms with Gasteiger partial charge in [0.05, 0.1) is 23.5 Å². The van der Waals surface area contributed by atoms with E-state index in [0.717, 1.165) is 35.6 Å². The standard InChI is InChI=1S/C15H21N5OS/c1-10-7-17-20(8-10)12-5-4-6-19(9-12)15(21)13-11(2)18-22-14(13)16-3/h7-8,12,16H,4-6,9H2,1-3H3/t12-/m0/s1. The zero-order valence-corrected chi connectivity index (χ0v) is 14.0. The van der Waals surface area contributed by atoms with Gasteiger partial charge in [-0.25, -0.2) is 0 Å². The quantitative estimate of drug-likeness (QED) is 0.944. The van der Waals surface area contributed by atoms with E-state index in [4.69, 9.17) is 0 Å². The van der Waals surface area contributed by atoms with Crippen molar-refractivity contribution in [2.75, 3.05) is 25.5 Å². The van der Waals surface area contributed by atoms with E-state index in [9.17, 15) is 4.79 Å². The SMILES string of the molecule is CNc1snc(C)c1C(=O)N1CCC[C@H](n2cc(C)cn2)C1. The van der Waals surface area contributed by atoms with Crippen molar-refractivity contribution in [2.24, 2.45) is 0 Å². The number of rotatable bonds is 3. The molecule has 22 heavy (non-hydrogen) atoms. The molecule has 0 saturated carbocycles. The molecule has 7 heteroatoms. The number of piperidine rings is 1. The van der Waals surface area contributed by atoms with E-state index in [1.54, 1.807) is 0 Å². The first-order chi connectivity index (χ1) is 10.6. The van der Waals surface area contributed by atoms with Crippen LogP contribution < -0.4 is 5.32 Å². The zero-order chi connectivity index (χ0) is 15.7. The van der Waals surface area contributed by atoms with Crippen LogP contribution in [0, 0.1) is 13.8 Å². The summed E-state index contributed by atoms with van der Waals surface area (Å²) in [6.45, 7) is 5.43. The monoisotopic (exact) mass is 319 g/mol. The molecule has 0 radical (unpaired) electrons. The van der Waals surface area contributed by atoms with Crippen LogP contribution in [0.25, 0.3) is 0 Å². The lowest BCUT2D eigenvalue weighted by molar-refractivity contribution is 0.0673. The fourth-order valence-corrected chi connectivity index (χ4v) is 3.68. The summed E-state index contributed by atoms with van der Waals surface area (Å²) in [5, 5.41) is 8.32. The molecule has 0 unspecified atom stereocenters. The fourth-order valence-electron chi connectivity index (χ4n) is 2.94. The van der Waals surface area contributed by atoms with Crippen LogP contribution in [0.4, 0.5) is 5.00 Å². The molecule has 1 fully saturated rings. The molecule has 2 aromatic heterocycles. The third-order valence-corrected chi connectivity index (χ3v) is 5.05. The Bertz CT molecular complexity index is 677. The molecule has 2 aromatic rings. The highest BCUT2D eigenvalue weighted by atomic mass is 32.1. The van der Waals surface area contributed by atoms with E-state index in [1.807, 2.05) is 36.7 Å². The molecule has 3 rings (SSSR count).